The van der Waals surface area contributed by atoms with Crippen LogP contribution in [0.2, 0.25) is 0 Å². The Hall–Kier alpha value is -3.50. The van der Waals surface area contributed by atoms with Gasteiger partial charge in [0.25, 0.3) is 27.5 Å². The molecule has 3 aromatic rings. The zero-order valence-corrected chi connectivity index (χ0v) is 14.3. The molecule has 2 amide bonds. The number of amides is 2. The molecule has 2 aromatic carbocycles. The summed E-state index contributed by atoms with van der Waals surface area (Å²) in [5, 5.41) is 3.17. The molecule has 0 fully saturated rings. The van der Waals surface area contributed by atoms with Crippen LogP contribution in [0.15, 0.2) is 52.2 Å². The van der Waals surface area contributed by atoms with Gasteiger partial charge in [-0.2, -0.15) is 8.42 Å². The highest BCUT2D eigenvalue weighted by atomic mass is 32.2. The van der Waals surface area contributed by atoms with E-state index >= 15 is 0 Å². The lowest BCUT2D eigenvalue weighted by Crippen LogP contribution is -2.24. The molecule has 0 atom stereocenters. The van der Waals surface area contributed by atoms with Crippen LogP contribution in [0.3, 0.4) is 0 Å². The molecule has 10 heteroatoms. The maximum atomic E-state index is 12.5. The van der Waals surface area contributed by atoms with Crippen LogP contribution >= 0.6 is 0 Å². The van der Waals surface area contributed by atoms with Gasteiger partial charge in [0.05, 0.1) is 21.7 Å². The first-order valence-corrected chi connectivity index (χ1v) is 9.04. The molecule has 4 rings (SSSR count). The molecule has 0 unspecified atom stereocenters. The summed E-state index contributed by atoms with van der Waals surface area (Å²) in [6, 6.07) is 9.64. The largest absolute Gasteiger partial charge is 0.384 e. The van der Waals surface area contributed by atoms with Crippen LogP contribution in [-0.4, -0.2) is 29.4 Å². The third kappa shape index (κ3) is 2.58. The first-order valence-electron chi connectivity index (χ1n) is 7.60. The van der Waals surface area contributed by atoms with Gasteiger partial charge in [0.2, 0.25) is 0 Å². The Morgan fingerprint density at radius 2 is 1.59 bits per heavy atom. The molecule has 0 saturated carbocycles. The molecule has 1 aromatic heterocycles. The van der Waals surface area contributed by atoms with E-state index in [0.717, 1.165) is 10.6 Å². The van der Waals surface area contributed by atoms with Crippen LogP contribution in [0.5, 0.6) is 0 Å². The van der Waals surface area contributed by atoms with E-state index in [-0.39, 0.29) is 21.8 Å². The number of nitrogens with two attached hydrogens (primary N) is 1. The van der Waals surface area contributed by atoms with Gasteiger partial charge in [0, 0.05) is 6.07 Å². The van der Waals surface area contributed by atoms with E-state index in [4.69, 9.17) is 10.3 Å². The van der Waals surface area contributed by atoms with Crippen LogP contribution in [0.25, 0.3) is 16.5 Å². The molecule has 136 valence electrons. The van der Waals surface area contributed by atoms with E-state index in [1.165, 1.54) is 24.3 Å². The summed E-state index contributed by atoms with van der Waals surface area (Å²) in [5.41, 5.74) is 5.58. The van der Waals surface area contributed by atoms with Gasteiger partial charge in [-0.1, -0.05) is 12.1 Å². The molecule has 27 heavy (non-hydrogen) atoms. The number of anilines is 1. The summed E-state index contributed by atoms with van der Waals surface area (Å²) >= 11 is 0. The van der Waals surface area contributed by atoms with E-state index in [9.17, 15) is 22.8 Å². The summed E-state index contributed by atoms with van der Waals surface area (Å²) < 4.78 is 32.7. The van der Waals surface area contributed by atoms with E-state index in [1.807, 2.05) is 0 Å². The number of nitrogens with one attached hydrogen (secondary N) is 1. The SMILES string of the molecule is Nc1c2c(cc(=O)n1-c1ccc3cc(S(=O)(=O)O)ccc3c1)C(=O)NC2=O. The first kappa shape index (κ1) is 16.9. The zero-order chi connectivity index (χ0) is 19.5. The van der Waals surface area contributed by atoms with Gasteiger partial charge in [-0.3, -0.25) is 28.8 Å². The quantitative estimate of drug-likeness (QED) is 0.434. The number of rotatable bonds is 2. The molecule has 0 aliphatic carbocycles. The molecule has 4 N–H and O–H groups in total. The fourth-order valence-corrected chi connectivity index (χ4v) is 3.57. The number of benzene rings is 2. The fourth-order valence-electron chi connectivity index (χ4n) is 3.06. The Labute approximate surface area is 151 Å². The van der Waals surface area contributed by atoms with Crippen molar-refractivity contribution < 1.29 is 22.6 Å². The topological polar surface area (TPSA) is 149 Å². The van der Waals surface area contributed by atoms with Gasteiger partial charge in [-0.25, -0.2) is 0 Å². The summed E-state index contributed by atoms with van der Waals surface area (Å²) in [6.45, 7) is 0. The number of nitrogen functional groups attached to an aromatic ring is 1. The Kier molecular flexibility index (Phi) is 3.45. The number of fused-ring (bicyclic) bond motifs is 2. The van der Waals surface area contributed by atoms with E-state index in [1.54, 1.807) is 12.1 Å². The highest BCUT2D eigenvalue weighted by molar-refractivity contribution is 7.85. The lowest BCUT2D eigenvalue weighted by Gasteiger charge is -2.12. The van der Waals surface area contributed by atoms with Gasteiger partial charge < -0.3 is 5.73 Å². The molecule has 0 bridgehead atoms. The number of imide groups is 1. The Morgan fingerprint density at radius 3 is 2.30 bits per heavy atom. The second kappa shape index (κ2) is 5.50. The van der Waals surface area contributed by atoms with Crippen molar-refractivity contribution in [1.29, 1.82) is 0 Å². The smallest absolute Gasteiger partial charge is 0.294 e. The number of aromatic nitrogens is 1. The second-order valence-electron chi connectivity index (χ2n) is 5.94. The summed E-state index contributed by atoms with van der Waals surface area (Å²) in [5.74, 6) is -1.53. The predicted octanol–water partition coefficient (Wildman–Crippen LogP) is 0.703. The van der Waals surface area contributed by atoms with Gasteiger partial charge in [-0.15, -0.1) is 0 Å². The zero-order valence-electron chi connectivity index (χ0n) is 13.5. The number of carbonyl (C=O) groups excluding carboxylic acids is 2. The monoisotopic (exact) mass is 385 g/mol. The van der Waals surface area contributed by atoms with Crippen LogP contribution in [-0.2, 0) is 10.1 Å². The Bertz CT molecular complexity index is 1340. The summed E-state index contributed by atoms with van der Waals surface area (Å²) in [6.07, 6.45) is 0. The van der Waals surface area contributed by atoms with Crippen LogP contribution in [0, 0.1) is 0 Å². The van der Waals surface area contributed by atoms with Crippen molar-refractivity contribution >= 4 is 38.5 Å². The van der Waals surface area contributed by atoms with Crippen molar-refractivity contribution in [2.45, 2.75) is 4.90 Å². The minimum absolute atomic E-state index is 0.0681. The number of hydrogen-bond donors (Lipinski definition) is 3. The minimum atomic E-state index is -4.34. The number of nitrogens with zero attached hydrogens (tertiary/aromatic N) is 1. The third-order valence-electron chi connectivity index (χ3n) is 4.30. The summed E-state index contributed by atoms with van der Waals surface area (Å²) in [7, 11) is -4.34. The lowest BCUT2D eigenvalue weighted by atomic mass is 10.1. The first-order chi connectivity index (χ1) is 12.7. The van der Waals surface area contributed by atoms with Crippen molar-refractivity contribution in [3.8, 4) is 5.69 Å². The molecule has 9 nitrogen and oxygen atoms in total. The Morgan fingerprint density at radius 1 is 0.926 bits per heavy atom. The molecule has 1 aliphatic rings. The fraction of sp³-hybridized carbons (Fsp3) is 0. The van der Waals surface area contributed by atoms with Gasteiger partial charge in [0.1, 0.15) is 5.82 Å². The van der Waals surface area contributed by atoms with Gasteiger partial charge in [-0.05, 0) is 35.0 Å². The minimum Gasteiger partial charge on any atom is -0.384 e. The maximum absolute atomic E-state index is 12.5. The lowest BCUT2D eigenvalue weighted by molar-refractivity contribution is 0.0880. The molecule has 1 aliphatic heterocycles. The molecule has 0 spiro atoms. The molecular weight excluding hydrogens is 374 g/mol. The summed E-state index contributed by atoms with van der Waals surface area (Å²) in [4.78, 5) is 35.8. The van der Waals surface area contributed by atoms with E-state index in [0.29, 0.717) is 16.5 Å². The second-order valence-corrected chi connectivity index (χ2v) is 7.37. The van der Waals surface area contributed by atoms with Gasteiger partial charge >= 0.3 is 0 Å². The van der Waals surface area contributed by atoms with E-state index < -0.39 is 27.5 Å². The number of pyridine rings is 1. The van der Waals surface area contributed by atoms with Crippen molar-refractivity contribution in [2.75, 3.05) is 5.73 Å². The highest BCUT2D eigenvalue weighted by Gasteiger charge is 2.31. The molecule has 0 saturated heterocycles. The van der Waals surface area contributed by atoms with E-state index in [2.05, 4.69) is 5.32 Å². The normalized spacial score (nSPS) is 13.7. The Balaban J connectivity index is 1.94. The molecule has 2 heterocycles. The number of carbonyl (C=O) groups is 2. The number of hydrogen-bond acceptors (Lipinski definition) is 6. The predicted molar refractivity (Wildman–Crippen MR) is 95.6 cm³/mol. The van der Waals surface area contributed by atoms with Crippen LogP contribution < -0.4 is 16.6 Å². The standard InChI is InChI=1S/C17H11N3O6S/c18-15-14-12(16(22)19-17(14)23)7-13(21)20(15)10-3-1-9-6-11(27(24,25)26)4-2-8(9)5-10/h1-7H,18H2,(H,19,22,23)(H,24,25,26). The molecule has 0 radical (unpaired) electrons. The van der Waals surface area contributed by atoms with Crippen LogP contribution in [0.1, 0.15) is 20.7 Å². The molecular formula is C17H11N3O6S. The van der Waals surface area contributed by atoms with Crippen LogP contribution in [0.4, 0.5) is 5.82 Å². The van der Waals surface area contributed by atoms with Crippen molar-refractivity contribution in [1.82, 2.24) is 9.88 Å². The average Bonchev–Trinajstić information content (AvgIpc) is 2.87. The highest BCUT2D eigenvalue weighted by Crippen LogP contribution is 2.26. The average molecular weight is 385 g/mol. The van der Waals surface area contributed by atoms with Crippen molar-refractivity contribution in [2.24, 2.45) is 0 Å². The van der Waals surface area contributed by atoms with Crippen molar-refractivity contribution in [3.63, 3.8) is 0 Å². The maximum Gasteiger partial charge on any atom is 0.294 e. The third-order valence-corrected chi connectivity index (χ3v) is 5.15. The van der Waals surface area contributed by atoms with Gasteiger partial charge in [0.15, 0.2) is 0 Å². The van der Waals surface area contributed by atoms with Crippen molar-refractivity contribution in [3.05, 3.63) is 63.9 Å².